The monoisotopic (exact) mass is 320 g/mol. The maximum absolute atomic E-state index is 12.0. The van der Waals surface area contributed by atoms with Gasteiger partial charge in [-0.1, -0.05) is 6.07 Å². The van der Waals surface area contributed by atoms with E-state index >= 15 is 0 Å². The minimum absolute atomic E-state index is 0.153. The molecule has 1 atom stereocenters. The second-order valence-corrected chi connectivity index (χ2v) is 5.95. The molecule has 1 amide bonds. The molecule has 0 bridgehead atoms. The van der Waals surface area contributed by atoms with Crippen LogP contribution in [-0.4, -0.2) is 54.7 Å². The molecule has 1 heterocycles. The van der Waals surface area contributed by atoms with E-state index in [1.54, 1.807) is 12.1 Å². The SMILES string of the molecule is CN(CC[C@H]1CCCCO1)CC(=O)Nc1cccc(C(=O)O)c1. The number of likely N-dealkylation sites (N-methyl/N-ethyl adjacent to an activating group) is 1. The molecule has 0 spiro atoms. The number of amides is 1. The van der Waals surface area contributed by atoms with E-state index in [1.807, 2.05) is 11.9 Å². The number of carbonyl (C=O) groups excluding carboxylic acids is 1. The summed E-state index contributed by atoms with van der Waals surface area (Å²) in [4.78, 5) is 24.9. The third kappa shape index (κ3) is 6.00. The fraction of sp³-hybridized carbons (Fsp3) is 0.529. The quantitative estimate of drug-likeness (QED) is 0.805. The van der Waals surface area contributed by atoms with Gasteiger partial charge in [-0.05, 0) is 50.9 Å². The number of hydrogen-bond donors (Lipinski definition) is 2. The summed E-state index contributed by atoms with van der Waals surface area (Å²) >= 11 is 0. The molecule has 23 heavy (non-hydrogen) atoms. The minimum Gasteiger partial charge on any atom is -0.478 e. The maximum Gasteiger partial charge on any atom is 0.335 e. The van der Waals surface area contributed by atoms with Crippen LogP contribution < -0.4 is 5.32 Å². The normalized spacial score (nSPS) is 17.9. The van der Waals surface area contributed by atoms with Gasteiger partial charge < -0.3 is 15.2 Å². The molecule has 6 nitrogen and oxygen atoms in total. The summed E-state index contributed by atoms with van der Waals surface area (Å²) in [5.41, 5.74) is 0.657. The summed E-state index contributed by atoms with van der Waals surface area (Å²) in [5, 5.41) is 11.7. The molecule has 1 aliphatic rings. The van der Waals surface area contributed by atoms with E-state index in [2.05, 4.69) is 5.32 Å². The highest BCUT2D eigenvalue weighted by atomic mass is 16.5. The lowest BCUT2D eigenvalue weighted by atomic mass is 10.1. The van der Waals surface area contributed by atoms with Gasteiger partial charge in [-0.15, -0.1) is 0 Å². The highest BCUT2D eigenvalue weighted by Gasteiger charge is 2.15. The summed E-state index contributed by atoms with van der Waals surface area (Å²) in [5.74, 6) is -1.16. The lowest BCUT2D eigenvalue weighted by Gasteiger charge is -2.25. The van der Waals surface area contributed by atoms with E-state index in [0.717, 1.165) is 32.4 Å². The third-order valence-corrected chi connectivity index (χ3v) is 3.91. The summed E-state index contributed by atoms with van der Waals surface area (Å²) in [6.07, 6.45) is 4.70. The predicted octanol–water partition coefficient (Wildman–Crippen LogP) is 2.21. The van der Waals surface area contributed by atoms with Crippen LogP contribution in [-0.2, 0) is 9.53 Å². The van der Waals surface area contributed by atoms with Gasteiger partial charge in [-0.3, -0.25) is 9.69 Å². The standard InChI is InChI=1S/C17H24N2O4/c1-19(9-8-15-7-2-3-10-23-15)12-16(20)18-14-6-4-5-13(11-14)17(21)22/h4-6,11,15H,2-3,7-10,12H2,1H3,(H,18,20)(H,21,22)/t15-/m1/s1. The van der Waals surface area contributed by atoms with Crippen LogP contribution in [0, 0.1) is 0 Å². The number of hydrogen-bond acceptors (Lipinski definition) is 4. The van der Waals surface area contributed by atoms with Crippen molar-refractivity contribution in [3.05, 3.63) is 29.8 Å². The average molecular weight is 320 g/mol. The number of carboxylic acids is 1. The first-order valence-electron chi connectivity index (χ1n) is 7.98. The van der Waals surface area contributed by atoms with Gasteiger partial charge in [0.15, 0.2) is 0 Å². The van der Waals surface area contributed by atoms with Crippen LogP contribution in [0.2, 0.25) is 0 Å². The Hall–Kier alpha value is -1.92. The first-order valence-corrected chi connectivity index (χ1v) is 7.98. The number of rotatable bonds is 7. The van der Waals surface area contributed by atoms with Crippen LogP contribution in [0.5, 0.6) is 0 Å². The fourth-order valence-corrected chi connectivity index (χ4v) is 2.65. The van der Waals surface area contributed by atoms with Crippen LogP contribution in [0.4, 0.5) is 5.69 Å². The van der Waals surface area contributed by atoms with E-state index in [0.29, 0.717) is 11.8 Å². The van der Waals surface area contributed by atoms with Crippen molar-refractivity contribution in [2.45, 2.75) is 31.8 Å². The van der Waals surface area contributed by atoms with Crippen molar-refractivity contribution in [1.29, 1.82) is 0 Å². The predicted molar refractivity (Wildman–Crippen MR) is 87.7 cm³/mol. The Morgan fingerprint density at radius 1 is 1.39 bits per heavy atom. The molecule has 1 aromatic carbocycles. The number of ether oxygens (including phenoxy) is 1. The molecule has 0 saturated carbocycles. The number of carbonyl (C=O) groups is 2. The van der Waals surface area contributed by atoms with Crippen molar-refractivity contribution in [2.24, 2.45) is 0 Å². The zero-order chi connectivity index (χ0) is 16.7. The molecular formula is C17H24N2O4. The molecule has 0 unspecified atom stereocenters. The first-order chi connectivity index (χ1) is 11.0. The second kappa shape index (κ2) is 8.64. The average Bonchev–Trinajstić information content (AvgIpc) is 2.54. The van der Waals surface area contributed by atoms with E-state index in [1.165, 1.54) is 18.6 Å². The Labute approximate surface area is 136 Å². The van der Waals surface area contributed by atoms with E-state index in [4.69, 9.17) is 9.84 Å². The van der Waals surface area contributed by atoms with Gasteiger partial charge in [0.05, 0.1) is 18.2 Å². The van der Waals surface area contributed by atoms with Crippen molar-refractivity contribution in [2.75, 3.05) is 32.1 Å². The zero-order valence-corrected chi connectivity index (χ0v) is 13.5. The lowest BCUT2D eigenvalue weighted by Crippen LogP contribution is -2.33. The maximum atomic E-state index is 12.0. The van der Waals surface area contributed by atoms with E-state index in [-0.39, 0.29) is 18.0 Å². The second-order valence-electron chi connectivity index (χ2n) is 5.95. The number of aromatic carboxylic acids is 1. The fourth-order valence-electron chi connectivity index (χ4n) is 2.65. The van der Waals surface area contributed by atoms with Crippen molar-refractivity contribution in [3.63, 3.8) is 0 Å². The van der Waals surface area contributed by atoms with Gasteiger partial charge in [-0.2, -0.15) is 0 Å². The van der Waals surface area contributed by atoms with Gasteiger partial charge in [0.2, 0.25) is 5.91 Å². The molecule has 0 aromatic heterocycles. The molecule has 6 heteroatoms. The Balaban J connectivity index is 1.75. The molecule has 0 aliphatic carbocycles. The molecule has 2 N–H and O–H groups in total. The highest BCUT2D eigenvalue weighted by Crippen LogP contribution is 2.15. The van der Waals surface area contributed by atoms with Crippen molar-refractivity contribution >= 4 is 17.6 Å². The van der Waals surface area contributed by atoms with Crippen LogP contribution in [0.25, 0.3) is 0 Å². The van der Waals surface area contributed by atoms with Gasteiger partial charge in [-0.25, -0.2) is 4.79 Å². The highest BCUT2D eigenvalue weighted by molar-refractivity contribution is 5.94. The van der Waals surface area contributed by atoms with E-state index < -0.39 is 5.97 Å². The van der Waals surface area contributed by atoms with Crippen molar-refractivity contribution in [3.8, 4) is 0 Å². The Bertz CT molecular complexity index is 541. The summed E-state index contributed by atoms with van der Waals surface area (Å²) in [6.45, 7) is 1.91. The van der Waals surface area contributed by atoms with Crippen LogP contribution in [0.3, 0.4) is 0 Å². The molecule has 126 valence electrons. The molecular weight excluding hydrogens is 296 g/mol. The number of nitrogens with one attached hydrogen (secondary N) is 1. The topological polar surface area (TPSA) is 78.9 Å². The molecule has 2 rings (SSSR count). The third-order valence-electron chi connectivity index (χ3n) is 3.91. The number of carboxylic acid groups (broad SMARTS) is 1. The van der Waals surface area contributed by atoms with Crippen LogP contribution in [0.1, 0.15) is 36.0 Å². The first kappa shape index (κ1) is 17.4. The summed E-state index contributed by atoms with van der Waals surface area (Å²) in [7, 11) is 1.90. The Morgan fingerprint density at radius 2 is 2.22 bits per heavy atom. The number of benzene rings is 1. The molecule has 1 aromatic rings. The van der Waals surface area contributed by atoms with Crippen molar-refractivity contribution < 1.29 is 19.4 Å². The molecule has 1 aliphatic heterocycles. The van der Waals surface area contributed by atoms with Gasteiger partial charge in [0, 0.05) is 18.8 Å². The van der Waals surface area contributed by atoms with Crippen LogP contribution in [0.15, 0.2) is 24.3 Å². The zero-order valence-electron chi connectivity index (χ0n) is 13.5. The molecule has 1 fully saturated rings. The van der Waals surface area contributed by atoms with Crippen molar-refractivity contribution in [1.82, 2.24) is 4.90 Å². The molecule has 0 radical (unpaired) electrons. The summed E-state index contributed by atoms with van der Waals surface area (Å²) in [6, 6.07) is 6.24. The largest absolute Gasteiger partial charge is 0.478 e. The van der Waals surface area contributed by atoms with Gasteiger partial charge >= 0.3 is 5.97 Å². The lowest BCUT2D eigenvalue weighted by molar-refractivity contribution is -0.117. The minimum atomic E-state index is -1.01. The van der Waals surface area contributed by atoms with E-state index in [9.17, 15) is 9.59 Å². The summed E-state index contributed by atoms with van der Waals surface area (Å²) < 4.78 is 5.68. The Morgan fingerprint density at radius 3 is 2.91 bits per heavy atom. The Kier molecular flexibility index (Phi) is 6.55. The van der Waals surface area contributed by atoms with Gasteiger partial charge in [0.25, 0.3) is 0 Å². The van der Waals surface area contributed by atoms with Gasteiger partial charge in [0.1, 0.15) is 0 Å². The van der Waals surface area contributed by atoms with Crippen LogP contribution >= 0.6 is 0 Å². The number of nitrogens with zero attached hydrogens (tertiary/aromatic N) is 1. The molecule has 1 saturated heterocycles. The number of anilines is 1. The smallest absolute Gasteiger partial charge is 0.335 e.